The van der Waals surface area contributed by atoms with Gasteiger partial charge in [-0.1, -0.05) is 30.3 Å². The van der Waals surface area contributed by atoms with E-state index >= 15 is 0 Å². The molecule has 0 aromatic heterocycles. The highest BCUT2D eigenvalue weighted by molar-refractivity contribution is 7.91. The first-order chi connectivity index (χ1) is 18.4. The van der Waals surface area contributed by atoms with Crippen LogP contribution in [0.25, 0.3) is 0 Å². The van der Waals surface area contributed by atoms with Crippen LogP contribution in [0.3, 0.4) is 0 Å². The van der Waals surface area contributed by atoms with Gasteiger partial charge in [0.1, 0.15) is 17.6 Å². The second-order valence-electron chi connectivity index (χ2n) is 9.56. The Labute approximate surface area is 229 Å². The number of likely N-dealkylation sites (tertiary alicyclic amines) is 1. The first-order valence-corrected chi connectivity index (χ1v) is 14.2. The Morgan fingerprint density at radius 3 is 2.10 bits per heavy atom. The van der Waals surface area contributed by atoms with Crippen molar-refractivity contribution in [2.75, 3.05) is 26.2 Å². The number of sulfonamides is 1. The number of benzene rings is 2. The highest BCUT2D eigenvalue weighted by Gasteiger charge is 2.56. The zero-order chi connectivity index (χ0) is 28.3. The zero-order valence-corrected chi connectivity index (χ0v) is 22.5. The minimum absolute atomic E-state index is 0.0342. The highest BCUT2D eigenvalue weighted by atomic mass is 35.5. The molecular formula is C25H29ClF3N3O6S. The standard InChI is InChI=1S/C25H29ClF3N3O6S/c26-32(34)23(33)24(12-16-30(17-13-24)18-19-4-2-1-3-5-19)39(35,36)31-14-10-21(11-15-31)37-20-6-8-22(9-7-20)38-25(27,28)29/h1-9,21,34H,10-18H2. The summed E-state index contributed by atoms with van der Waals surface area (Å²) in [6, 6.07) is 14.6. The minimum Gasteiger partial charge on any atom is -0.490 e. The second-order valence-corrected chi connectivity index (χ2v) is 12.1. The molecule has 2 aromatic rings. The number of alkyl halides is 3. The fourth-order valence-corrected chi connectivity index (χ4v) is 7.42. The second kappa shape index (κ2) is 11.9. The Hall–Kier alpha value is -2.58. The van der Waals surface area contributed by atoms with Crippen LogP contribution >= 0.6 is 11.8 Å². The number of hydrogen-bond acceptors (Lipinski definition) is 7. The lowest BCUT2D eigenvalue weighted by atomic mass is 9.94. The van der Waals surface area contributed by atoms with E-state index < -0.39 is 27.0 Å². The Bertz CT molecular complexity index is 1220. The lowest BCUT2D eigenvalue weighted by Crippen LogP contribution is -2.62. The molecule has 2 aliphatic heterocycles. The maximum absolute atomic E-state index is 13.8. The van der Waals surface area contributed by atoms with Gasteiger partial charge in [0.15, 0.2) is 4.75 Å². The minimum atomic E-state index is -4.80. The molecule has 2 fully saturated rings. The van der Waals surface area contributed by atoms with E-state index in [0.29, 0.717) is 38.2 Å². The molecule has 214 valence electrons. The van der Waals surface area contributed by atoms with Gasteiger partial charge < -0.3 is 9.47 Å². The summed E-state index contributed by atoms with van der Waals surface area (Å²) in [5.74, 6) is -1.14. The number of carbonyl (C=O) groups is 1. The number of carbonyl (C=O) groups excluding carboxylic acids is 1. The van der Waals surface area contributed by atoms with Gasteiger partial charge in [0.2, 0.25) is 10.0 Å². The number of rotatable bonds is 8. The summed E-state index contributed by atoms with van der Waals surface area (Å²) in [4.78, 5) is 15.1. The van der Waals surface area contributed by atoms with Gasteiger partial charge >= 0.3 is 6.36 Å². The zero-order valence-electron chi connectivity index (χ0n) is 20.9. The monoisotopic (exact) mass is 591 g/mol. The van der Waals surface area contributed by atoms with Crippen molar-refractivity contribution in [1.82, 2.24) is 13.8 Å². The fraction of sp³-hybridized carbons (Fsp3) is 0.480. The van der Waals surface area contributed by atoms with E-state index in [2.05, 4.69) is 9.64 Å². The van der Waals surface area contributed by atoms with Crippen molar-refractivity contribution in [3.8, 4) is 11.5 Å². The summed E-state index contributed by atoms with van der Waals surface area (Å²) >= 11 is 5.57. The van der Waals surface area contributed by atoms with Crippen molar-refractivity contribution in [3.05, 3.63) is 60.2 Å². The number of hydroxylamine groups is 1. The summed E-state index contributed by atoms with van der Waals surface area (Å²) in [6.45, 7) is 1.37. The number of amides is 1. The van der Waals surface area contributed by atoms with E-state index in [-0.39, 0.29) is 42.4 Å². The maximum atomic E-state index is 13.8. The molecular weight excluding hydrogens is 563 g/mol. The SMILES string of the molecule is O=C(N(O)Cl)C1(S(=O)(=O)N2CCC(Oc3ccc(OC(F)(F)F)cc3)CC2)CCN(Cc2ccccc2)CC1. The van der Waals surface area contributed by atoms with Gasteiger partial charge in [-0.3, -0.25) is 14.9 Å². The maximum Gasteiger partial charge on any atom is 0.573 e. The lowest BCUT2D eigenvalue weighted by molar-refractivity contribution is -0.274. The van der Waals surface area contributed by atoms with Gasteiger partial charge in [0.25, 0.3) is 5.91 Å². The molecule has 2 aromatic carbocycles. The quantitative estimate of drug-likeness (QED) is 0.279. The molecule has 2 heterocycles. The van der Waals surface area contributed by atoms with E-state index in [9.17, 15) is 31.6 Å². The Morgan fingerprint density at radius 1 is 1.00 bits per heavy atom. The van der Waals surface area contributed by atoms with Crippen LogP contribution in [0.15, 0.2) is 54.6 Å². The van der Waals surface area contributed by atoms with Crippen LogP contribution in [0.2, 0.25) is 0 Å². The van der Waals surface area contributed by atoms with E-state index in [1.54, 1.807) is 0 Å². The van der Waals surface area contributed by atoms with Crippen LogP contribution in [0.5, 0.6) is 11.5 Å². The van der Waals surface area contributed by atoms with Crippen molar-refractivity contribution >= 4 is 27.7 Å². The first kappa shape index (κ1) is 29.4. The van der Waals surface area contributed by atoms with Crippen LogP contribution in [0.1, 0.15) is 31.2 Å². The fourth-order valence-electron chi connectivity index (χ4n) is 5.01. The van der Waals surface area contributed by atoms with Gasteiger partial charge in [-0.05, 0) is 55.5 Å². The summed E-state index contributed by atoms with van der Waals surface area (Å²) < 4.78 is 73.6. The largest absolute Gasteiger partial charge is 0.573 e. The van der Waals surface area contributed by atoms with E-state index in [0.717, 1.165) is 17.7 Å². The number of ether oxygens (including phenoxy) is 2. The van der Waals surface area contributed by atoms with E-state index in [1.807, 2.05) is 30.3 Å². The normalized spacial score (nSPS) is 19.4. The highest BCUT2D eigenvalue weighted by Crippen LogP contribution is 2.37. The van der Waals surface area contributed by atoms with Gasteiger partial charge in [-0.25, -0.2) is 12.7 Å². The molecule has 1 N–H and O–H groups in total. The Morgan fingerprint density at radius 2 is 1.56 bits per heavy atom. The summed E-state index contributed by atoms with van der Waals surface area (Å²) in [6.07, 6.45) is -4.65. The van der Waals surface area contributed by atoms with Crippen molar-refractivity contribution < 1.29 is 41.1 Å². The summed E-state index contributed by atoms with van der Waals surface area (Å²) in [7, 11) is -4.21. The Kier molecular flexibility index (Phi) is 8.96. The van der Waals surface area contributed by atoms with E-state index in [4.69, 9.17) is 16.5 Å². The smallest absolute Gasteiger partial charge is 0.490 e. The van der Waals surface area contributed by atoms with Crippen molar-refractivity contribution in [1.29, 1.82) is 0 Å². The molecule has 0 bridgehead atoms. The van der Waals surface area contributed by atoms with Crippen molar-refractivity contribution in [2.24, 2.45) is 0 Å². The Balaban J connectivity index is 1.39. The van der Waals surface area contributed by atoms with Crippen LogP contribution in [0, 0.1) is 0 Å². The summed E-state index contributed by atoms with van der Waals surface area (Å²) in [5.41, 5.74) is 1.06. The van der Waals surface area contributed by atoms with Crippen LogP contribution in [0.4, 0.5) is 13.2 Å². The molecule has 2 saturated heterocycles. The molecule has 0 aliphatic carbocycles. The molecule has 0 spiro atoms. The lowest BCUT2D eigenvalue weighted by Gasteiger charge is -2.43. The van der Waals surface area contributed by atoms with Crippen LogP contribution in [-0.2, 0) is 21.4 Å². The van der Waals surface area contributed by atoms with E-state index in [1.165, 1.54) is 16.4 Å². The van der Waals surface area contributed by atoms with Gasteiger partial charge in [0.05, 0.1) is 0 Å². The third kappa shape index (κ3) is 6.95. The predicted octanol–water partition coefficient (Wildman–Crippen LogP) is 4.16. The third-order valence-corrected chi connectivity index (χ3v) is 9.83. The van der Waals surface area contributed by atoms with Gasteiger partial charge in [0, 0.05) is 44.5 Å². The van der Waals surface area contributed by atoms with Crippen LogP contribution < -0.4 is 9.47 Å². The molecule has 2 aliphatic rings. The molecule has 1 amide bonds. The number of piperidine rings is 2. The molecule has 14 heteroatoms. The summed E-state index contributed by atoms with van der Waals surface area (Å²) in [5, 5.41) is 9.75. The molecule has 39 heavy (non-hydrogen) atoms. The number of nitrogens with zero attached hydrogens (tertiary/aromatic N) is 3. The van der Waals surface area contributed by atoms with Crippen molar-refractivity contribution in [2.45, 2.75) is 49.4 Å². The van der Waals surface area contributed by atoms with Gasteiger partial charge in [-0.2, -0.15) is 0 Å². The molecule has 0 radical (unpaired) electrons. The average Bonchev–Trinajstić information content (AvgIpc) is 2.90. The number of halogens is 4. The van der Waals surface area contributed by atoms with Gasteiger partial charge in [-0.15, -0.1) is 17.8 Å². The predicted molar refractivity (Wildman–Crippen MR) is 135 cm³/mol. The first-order valence-electron chi connectivity index (χ1n) is 12.4. The van der Waals surface area contributed by atoms with Crippen LogP contribution in [-0.4, -0.2) is 76.7 Å². The third-order valence-electron chi connectivity index (χ3n) is 7.06. The number of hydrogen-bond donors (Lipinski definition) is 1. The molecule has 0 atom stereocenters. The molecule has 4 rings (SSSR count). The average molecular weight is 592 g/mol. The molecule has 0 unspecified atom stereocenters. The molecule has 9 nitrogen and oxygen atoms in total. The molecule has 0 saturated carbocycles. The van der Waals surface area contributed by atoms with Crippen molar-refractivity contribution in [3.63, 3.8) is 0 Å². The topological polar surface area (TPSA) is 99.6 Å².